The number of benzene rings is 1. The third-order valence-electron chi connectivity index (χ3n) is 3.63. The highest BCUT2D eigenvalue weighted by molar-refractivity contribution is 5.30. The summed E-state index contributed by atoms with van der Waals surface area (Å²) in [6.45, 7) is 7.68. The summed E-state index contributed by atoms with van der Waals surface area (Å²) >= 11 is 0. The topological polar surface area (TPSA) is 23.5 Å². The Labute approximate surface area is 108 Å². The normalized spacial score (nSPS) is 18.4. The highest BCUT2D eigenvalue weighted by Gasteiger charge is 2.23. The molecule has 0 spiro atoms. The first-order valence-corrected chi connectivity index (χ1v) is 6.77. The molecular formula is C15H22FNO. The summed E-state index contributed by atoms with van der Waals surface area (Å²) in [5.41, 5.74) is 0.761. The van der Waals surface area contributed by atoms with Gasteiger partial charge in [0.2, 0.25) is 0 Å². The smallest absolute Gasteiger partial charge is 0.130 e. The Morgan fingerprint density at radius 3 is 2.56 bits per heavy atom. The molecule has 0 atom stereocenters. The monoisotopic (exact) mass is 251 g/mol. The van der Waals surface area contributed by atoms with Crippen molar-refractivity contribution >= 4 is 0 Å². The van der Waals surface area contributed by atoms with Crippen molar-refractivity contribution in [3.05, 3.63) is 29.6 Å². The van der Waals surface area contributed by atoms with E-state index >= 15 is 0 Å². The van der Waals surface area contributed by atoms with Crippen LogP contribution in [0.3, 0.4) is 0 Å². The zero-order valence-electron chi connectivity index (χ0n) is 11.2. The fourth-order valence-electron chi connectivity index (χ4n) is 2.79. The Hall–Kier alpha value is -1.09. The molecule has 1 saturated heterocycles. The standard InChI is InChI=1S/C15H22FNO/c1-11(2)10-17-7-5-12(6-8-17)14-4-3-13(18)9-15(14)16/h3-4,9,11-12,18H,5-8,10H2,1-2H3. The van der Waals surface area contributed by atoms with Crippen LogP contribution in [-0.4, -0.2) is 29.6 Å². The zero-order valence-corrected chi connectivity index (χ0v) is 11.2. The van der Waals surface area contributed by atoms with Gasteiger partial charge in [-0.2, -0.15) is 0 Å². The molecule has 0 amide bonds. The van der Waals surface area contributed by atoms with Gasteiger partial charge in [-0.15, -0.1) is 0 Å². The number of phenols is 1. The highest BCUT2D eigenvalue weighted by atomic mass is 19.1. The Morgan fingerprint density at radius 2 is 2.00 bits per heavy atom. The van der Waals surface area contributed by atoms with E-state index in [-0.39, 0.29) is 11.6 Å². The Balaban J connectivity index is 1.97. The third kappa shape index (κ3) is 3.22. The molecule has 0 aromatic heterocycles. The molecule has 1 fully saturated rings. The van der Waals surface area contributed by atoms with Crippen molar-refractivity contribution in [3.8, 4) is 5.75 Å². The number of piperidine rings is 1. The number of phenolic OH excluding ortho intramolecular Hbond substituents is 1. The van der Waals surface area contributed by atoms with Crippen molar-refractivity contribution in [3.63, 3.8) is 0 Å². The van der Waals surface area contributed by atoms with Gasteiger partial charge in [0, 0.05) is 12.6 Å². The van der Waals surface area contributed by atoms with Crippen molar-refractivity contribution in [1.29, 1.82) is 0 Å². The Bertz CT molecular complexity index is 397. The third-order valence-corrected chi connectivity index (χ3v) is 3.63. The van der Waals surface area contributed by atoms with E-state index in [1.54, 1.807) is 12.1 Å². The van der Waals surface area contributed by atoms with Crippen LogP contribution in [-0.2, 0) is 0 Å². The van der Waals surface area contributed by atoms with Gasteiger partial charge >= 0.3 is 0 Å². The van der Waals surface area contributed by atoms with Gasteiger partial charge in [0.1, 0.15) is 11.6 Å². The zero-order chi connectivity index (χ0) is 13.1. The van der Waals surface area contributed by atoms with Gasteiger partial charge < -0.3 is 10.0 Å². The van der Waals surface area contributed by atoms with Gasteiger partial charge in [-0.3, -0.25) is 0 Å². The highest BCUT2D eigenvalue weighted by Crippen LogP contribution is 2.31. The van der Waals surface area contributed by atoms with E-state index in [4.69, 9.17) is 0 Å². The van der Waals surface area contributed by atoms with Crippen LogP contribution >= 0.6 is 0 Å². The average Bonchev–Trinajstić information content (AvgIpc) is 2.30. The molecule has 100 valence electrons. The quantitative estimate of drug-likeness (QED) is 0.890. The van der Waals surface area contributed by atoms with Gasteiger partial charge in [-0.25, -0.2) is 4.39 Å². The first-order valence-electron chi connectivity index (χ1n) is 6.77. The maximum atomic E-state index is 13.8. The fraction of sp³-hybridized carbons (Fsp3) is 0.600. The first-order chi connectivity index (χ1) is 8.56. The lowest BCUT2D eigenvalue weighted by Gasteiger charge is -2.33. The van der Waals surface area contributed by atoms with Gasteiger partial charge in [-0.05, 0) is 49.4 Å². The maximum absolute atomic E-state index is 13.8. The van der Waals surface area contributed by atoms with Crippen LogP contribution in [0.25, 0.3) is 0 Å². The molecule has 0 bridgehead atoms. The van der Waals surface area contributed by atoms with Gasteiger partial charge in [0.15, 0.2) is 0 Å². The lowest BCUT2D eigenvalue weighted by atomic mass is 9.89. The Morgan fingerprint density at radius 1 is 1.33 bits per heavy atom. The van der Waals surface area contributed by atoms with E-state index in [2.05, 4.69) is 18.7 Å². The minimum Gasteiger partial charge on any atom is -0.508 e. The maximum Gasteiger partial charge on any atom is 0.130 e. The molecule has 1 aliphatic rings. The molecule has 0 unspecified atom stereocenters. The molecule has 1 N–H and O–H groups in total. The predicted octanol–water partition coefficient (Wildman–Crippen LogP) is 3.37. The van der Waals surface area contributed by atoms with Gasteiger partial charge in [-0.1, -0.05) is 19.9 Å². The summed E-state index contributed by atoms with van der Waals surface area (Å²) in [7, 11) is 0. The minimum atomic E-state index is -0.266. The molecule has 0 radical (unpaired) electrons. The summed E-state index contributed by atoms with van der Waals surface area (Å²) < 4.78 is 13.8. The summed E-state index contributed by atoms with van der Waals surface area (Å²) in [5.74, 6) is 0.728. The summed E-state index contributed by atoms with van der Waals surface area (Å²) in [5, 5.41) is 9.23. The summed E-state index contributed by atoms with van der Waals surface area (Å²) in [6, 6.07) is 4.53. The van der Waals surface area contributed by atoms with E-state index in [1.807, 2.05) is 0 Å². The van der Waals surface area contributed by atoms with E-state index in [0.717, 1.165) is 38.0 Å². The lowest BCUT2D eigenvalue weighted by molar-refractivity contribution is 0.191. The van der Waals surface area contributed by atoms with Crippen molar-refractivity contribution in [1.82, 2.24) is 4.90 Å². The van der Waals surface area contributed by atoms with E-state index < -0.39 is 0 Å². The predicted molar refractivity (Wildman–Crippen MR) is 71.3 cm³/mol. The van der Waals surface area contributed by atoms with Crippen LogP contribution in [0.1, 0.15) is 38.2 Å². The van der Waals surface area contributed by atoms with Crippen LogP contribution in [0.4, 0.5) is 4.39 Å². The molecule has 0 saturated carbocycles. The molecule has 18 heavy (non-hydrogen) atoms. The second-order valence-corrected chi connectivity index (χ2v) is 5.67. The first kappa shape index (κ1) is 13.3. The number of halogens is 1. The second kappa shape index (κ2) is 5.70. The molecule has 1 heterocycles. The van der Waals surface area contributed by atoms with Crippen LogP contribution in [0.5, 0.6) is 5.75 Å². The number of hydrogen-bond acceptors (Lipinski definition) is 2. The molecule has 0 aliphatic carbocycles. The molecule has 1 aliphatic heterocycles. The van der Waals surface area contributed by atoms with E-state index in [9.17, 15) is 9.50 Å². The van der Waals surface area contributed by atoms with Crippen LogP contribution < -0.4 is 0 Å². The van der Waals surface area contributed by atoms with Crippen LogP contribution in [0, 0.1) is 11.7 Å². The number of aromatic hydroxyl groups is 1. The van der Waals surface area contributed by atoms with Crippen molar-refractivity contribution < 1.29 is 9.50 Å². The summed E-state index contributed by atoms with van der Waals surface area (Å²) in [6.07, 6.45) is 2.02. The van der Waals surface area contributed by atoms with E-state index in [1.165, 1.54) is 6.07 Å². The Kier molecular flexibility index (Phi) is 4.23. The lowest BCUT2D eigenvalue weighted by Crippen LogP contribution is -2.35. The van der Waals surface area contributed by atoms with Gasteiger partial charge in [0.25, 0.3) is 0 Å². The number of hydrogen-bond donors (Lipinski definition) is 1. The molecular weight excluding hydrogens is 229 g/mol. The average molecular weight is 251 g/mol. The van der Waals surface area contributed by atoms with Crippen LogP contribution in [0.2, 0.25) is 0 Å². The van der Waals surface area contributed by atoms with Crippen molar-refractivity contribution in [2.24, 2.45) is 5.92 Å². The SMILES string of the molecule is CC(C)CN1CCC(c2ccc(O)cc2F)CC1. The van der Waals surface area contributed by atoms with Crippen molar-refractivity contribution in [2.75, 3.05) is 19.6 Å². The fourth-order valence-corrected chi connectivity index (χ4v) is 2.79. The second-order valence-electron chi connectivity index (χ2n) is 5.67. The molecule has 3 heteroatoms. The van der Waals surface area contributed by atoms with Gasteiger partial charge in [0.05, 0.1) is 0 Å². The van der Waals surface area contributed by atoms with Crippen LogP contribution in [0.15, 0.2) is 18.2 Å². The number of likely N-dealkylation sites (tertiary alicyclic amines) is 1. The molecule has 1 aromatic carbocycles. The van der Waals surface area contributed by atoms with Crippen molar-refractivity contribution in [2.45, 2.75) is 32.6 Å². The number of rotatable bonds is 3. The molecule has 2 rings (SSSR count). The summed E-state index contributed by atoms with van der Waals surface area (Å²) in [4.78, 5) is 2.46. The molecule has 2 nitrogen and oxygen atoms in total. The van der Waals surface area contributed by atoms with E-state index in [0.29, 0.717) is 11.8 Å². The minimum absolute atomic E-state index is 0.00786. The molecule has 1 aromatic rings. The largest absolute Gasteiger partial charge is 0.508 e. The number of nitrogens with zero attached hydrogens (tertiary/aromatic N) is 1.